The predicted molar refractivity (Wildman–Crippen MR) is 63.6 cm³/mol. The molecule has 0 aliphatic rings. The molecule has 0 fully saturated rings. The van der Waals surface area contributed by atoms with Gasteiger partial charge < -0.3 is 10.4 Å². The number of aliphatic hydroxyl groups excluding tert-OH is 1. The van der Waals surface area contributed by atoms with Crippen molar-refractivity contribution < 1.29 is 9.50 Å². The van der Waals surface area contributed by atoms with Crippen LogP contribution in [0.1, 0.15) is 25.5 Å². The van der Waals surface area contributed by atoms with E-state index in [1.54, 1.807) is 12.1 Å². The number of halogens is 1. The Morgan fingerprint density at radius 2 is 1.81 bits per heavy atom. The van der Waals surface area contributed by atoms with Gasteiger partial charge in [-0.15, -0.1) is 0 Å². The number of nitrogens with one attached hydrogen (secondary N) is 1. The largest absolute Gasteiger partial charge is 0.396 e. The highest BCUT2D eigenvalue weighted by Gasteiger charge is 2.23. The van der Waals surface area contributed by atoms with Crippen molar-refractivity contribution in [1.29, 1.82) is 0 Å². The second-order valence-corrected chi connectivity index (χ2v) is 4.41. The molecule has 1 aromatic rings. The summed E-state index contributed by atoms with van der Waals surface area (Å²) in [6.07, 6.45) is 0. The fraction of sp³-hybridized carbons (Fsp3) is 0.538. The van der Waals surface area contributed by atoms with Gasteiger partial charge in [-0.2, -0.15) is 0 Å². The first-order valence-electron chi connectivity index (χ1n) is 5.63. The van der Waals surface area contributed by atoms with Gasteiger partial charge in [0.1, 0.15) is 5.82 Å². The maximum Gasteiger partial charge on any atom is 0.123 e. The highest BCUT2D eigenvalue weighted by atomic mass is 19.1. The summed E-state index contributed by atoms with van der Waals surface area (Å²) in [5.74, 6) is 0.270. The summed E-state index contributed by atoms with van der Waals surface area (Å²) in [4.78, 5) is 0. The van der Waals surface area contributed by atoms with Crippen LogP contribution in [0.15, 0.2) is 24.3 Å². The van der Waals surface area contributed by atoms with Gasteiger partial charge in [0.15, 0.2) is 0 Å². The summed E-state index contributed by atoms with van der Waals surface area (Å²) in [5.41, 5.74) is 1.01. The molecule has 16 heavy (non-hydrogen) atoms. The number of hydrogen-bond acceptors (Lipinski definition) is 2. The van der Waals surface area contributed by atoms with Gasteiger partial charge in [0, 0.05) is 18.6 Å². The zero-order chi connectivity index (χ0) is 12.1. The lowest BCUT2D eigenvalue weighted by molar-refractivity contribution is 0.154. The molecule has 2 atom stereocenters. The summed E-state index contributed by atoms with van der Waals surface area (Å²) in [5, 5.41) is 12.6. The van der Waals surface area contributed by atoms with Crippen molar-refractivity contribution in [1.82, 2.24) is 5.32 Å². The van der Waals surface area contributed by atoms with E-state index in [-0.39, 0.29) is 24.4 Å². The van der Waals surface area contributed by atoms with Crippen LogP contribution >= 0.6 is 0 Å². The lowest BCUT2D eigenvalue weighted by Crippen LogP contribution is -2.31. The fourth-order valence-corrected chi connectivity index (χ4v) is 2.00. The Morgan fingerprint density at radius 1 is 1.25 bits per heavy atom. The molecule has 0 aliphatic carbocycles. The molecule has 0 amide bonds. The molecule has 2 N–H and O–H groups in total. The van der Waals surface area contributed by atoms with E-state index in [4.69, 9.17) is 0 Å². The lowest BCUT2D eigenvalue weighted by atomic mass is 9.85. The van der Waals surface area contributed by atoms with Gasteiger partial charge in [-0.25, -0.2) is 4.39 Å². The Morgan fingerprint density at radius 3 is 2.19 bits per heavy atom. The second-order valence-electron chi connectivity index (χ2n) is 4.41. The summed E-state index contributed by atoms with van der Waals surface area (Å²) in [6, 6.07) is 6.50. The van der Waals surface area contributed by atoms with Gasteiger partial charge in [0.2, 0.25) is 0 Å². The van der Waals surface area contributed by atoms with Crippen molar-refractivity contribution in [3.05, 3.63) is 35.6 Å². The van der Waals surface area contributed by atoms with E-state index < -0.39 is 0 Å². The van der Waals surface area contributed by atoms with Crippen molar-refractivity contribution in [2.45, 2.75) is 19.9 Å². The number of rotatable bonds is 5. The predicted octanol–water partition coefficient (Wildman–Crippen LogP) is 2.35. The average Bonchev–Trinajstić information content (AvgIpc) is 2.26. The van der Waals surface area contributed by atoms with Crippen molar-refractivity contribution in [3.63, 3.8) is 0 Å². The van der Waals surface area contributed by atoms with E-state index >= 15 is 0 Å². The summed E-state index contributed by atoms with van der Waals surface area (Å²) in [7, 11) is 1.86. The van der Waals surface area contributed by atoms with Gasteiger partial charge in [-0.05, 0) is 30.7 Å². The normalized spacial score (nSPS) is 15.1. The van der Waals surface area contributed by atoms with Crippen LogP contribution in [0.3, 0.4) is 0 Å². The molecular formula is C13H20FNO. The zero-order valence-electron chi connectivity index (χ0n) is 10.1. The molecule has 0 aromatic heterocycles. The molecule has 0 saturated carbocycles. The SMILES string of the molecule is CNC(c1ccc(F)cc1)C(CO)C(C)C. The van der Waals surface area contributed by atoms with Crippen LogP contribution in [-0.4, -0.2) is 18.8 Å². The molecule has 0 heterocycles. The summed E-state index contributed by atoms with van der Waals surface area (Å²) >= 11 is 0. The molecule has 90 valence electrons. The van der Waals surface area contributed by atoms with E-state index in [0.29, 0.717) is 5.92 Å². The second kappa shape index (κ2) is 5.97. The fourth-order valence-electron chi connectivity index (χ4n) is 2.00. The molecule has 0 radical (unpaired) electrons. The molecule has 0 aliphatic heterocycles. The van der Waals surface area contributed by atoms with Gasteiger partial charge in [0.25, 0.3) is 0 Å². The molecule has 2 unspecified atom stereocenters. The smallest absolute Gasteiger partial charge is 0.123 e. The van der Waals surface area contributed by atoms with Crippen molar-refractivity contribution >= 4 is 0 Å². The Bertz CT molecular complexity index is 310. The van der Waals surface area contributed by atoms with Gasteiger partial charge in [-0.3, -0.25) is 0 Å². The molecule has 2 nitrogen and oxygen atoms in total. The highest BCUT2D eigenvalue weighted by Crippen LogP contribution is 2.27. The quantitative estimate of drug-likeness (QED) is 0.806. The van der Waals surface area contributed by atoms with Gasteiger partial charge in [0.05, 0.1) is 0 Å². The minimum atomic E-state index is -0.233. The van der Waals surface area contributed by atoms with Crippen LogP contribution in [0.4, 0.5) is 4.39 Å². The van der Waals surface area contributed by atoms with Gasteiger partial charge >= 0.3 is 0 Å². The molecule has 0 spiro atoms. The molecule has 1 aromatic carbocycles. The first-order valence-corrected chi connectivity index (χ1v) is 5.63. The van der Waals surface area contributed by atoms with Crippen LogP contribution in [0.2, 0.25) is 0 Å². The minimum absolute atomic E-state index is 0.0607. The van der Waals surface area contributed by atoms with Crippen LogP contribution in [0, 0.1) is 17.7 Å². The minimum Gasteiger partial charge on any atom is -0.396 e. The summed E-state index contributed by atoms with van der Waals surface area (Å²) in [6.45, 7) is 4.28. The Hall–Kier alpha value is -0.930. The lowest BCUT2D eigenvalue weighted by Gasteiger charge is -2.28. The zero-order valence-corrected chi connectivity index (χ0v) is 10.1. The first kappa shape index (κ1) is 13.1. The first-order chi connectivity index (χ1) is 7.60. The maximum atomic E-state index is 12.8. The number of aliphatic hydroxyl groups is 1. The van der Waals surface area contributed by atoms with E-state index in [0.717, 1.165) is 5.56 Å². The third-order valence-electron chi connectivity index (χ3n) is 3.04. The van der Waals surface area contributed by atoms with E-state index in [9.17, 15) is 9.50 Å². The molecule has 0 saturated heterocycles. The highest BCUT2D eigenvalue weighted by molar-refractivity contribution is 5.20. The molecule has 3 heteroatoms. The molecular weight excluding hydrogens is 205 g/mol. The van der Waals surface area contributed by atoms with E-state index in [2.05, 4.69) is 19.2 Å². The van der Waals surface area contributed by atoms with Crippen molar-refractivity contribution in [2.24, 2.45) is 11.8 Å². The van der Waals surface area contributed by atoms with E-state index in [1.807, 2.05) is 7.05 Å². The van der Waals surface area contributed by atoms with Gasteiger partial charge in [-0.1, -0.05) is 26.0 Å². The third kappa shape index (κ3) is 3.03. The number of hydrogen-bond donors (Lipinski definition) is 2. The Balaban J connectivity index is 2.92. The van der Waals surface area contributed by atoms with Crippen molar-refractivity contribution in [2.75, 3.05) is 13.7 Å². The van der Waals surface area contributed by atoms with Crippen molar-refractivity contribution in [3.8, 4) is 0 Å². The Labute approximate surface area is 96.5 Å². The van der Waals surface area contributed by atoms with E-state index in [1.165, 1.54) is 12.1 Å². The standard InChI is InChI=1S/C13H20FNO/c1-9(2)12(8-16)13(15-3)10-4-6-11(14)7-5-10/h4-7,9,12-13,15-16H,8H2,1-3H3. The monoisotopic (exact) mass is 225 g/mol. The van der Waals surface area contributed by atoms with Crippen LogP contribution < -0.4 is 5.32 Å². The Kier molecular flexibility index (Phi) is 4.90. The van der Waals surface area contributed by atoms with Crippen LogP contribution in [0.25, 0.3) is 0 Å². The van der Waals surface area contributed by atoms with Crippen LogP contribution in [-0.2, 0) is 0 Å². The molecule has 1 rings (SSSR count). The maximum absolute atomic E-state index is 12.8. The summed E-state index contributed by atoms with van der Waals surface area (Å²) < 4.78 is 12.8. The topological polar surface area (TPSA) is 32.3 Å². The third-order valence-corrected chi connectivity index (χ3v) is 3.04. The van der Waals surface area contributed by atoms with Crippen LogP contribution in [0.5, 0.6) is 0 Å². The molecule has 0 bridgehead atoms. The average molecular weight is 225 g/mol. The number of benzene rings is 1.